The van der Waals surface area contributed by atoms with Crippen LogP contribution in [0.1, 0.15) is 29.5 Å². The van der Waals surface area contributed by atoms with Gasteiger partial charge in [-0.3, -0.25) is 4.79 Å². The number of hydrogen-bond acceptors (Lipinski definition) is 3. The van der Waals surface area contributed by atoms with Gasteiger partial charge in [0.05, 0.1) is 0 Å². The molecule has 0 radical (unpaired) electrons. The van der Waals surface area contributed by atoms with E-state index in [-0.39, 0.29) is 18.4 Å². The van der Waals surface area contributed by atoms with Gasteiger partial charge in [-0.05, 0) is 30.0 Å². The van der Waals surface area contributed by atoms with Crippen LogP contribution < -0.4 is 5.32 Å². The summed E-state index contributed by atoms with van der Waals surface area (Å²) in [6, 6.07) is 17.7. The van der Waals surface area contributed by atoms with E-state index in [0.717, 1.165) is 16.7 Å². The minimum absolute atomic E-state index is 0.197. The SMILES string of the molecule is Cc1ccc(/C=C/C(=O)OCC(=O)NC[C@H](C)c2ccccc2)cc1. The molecule has 2 rings (SSSR count). The second kappa shape index (κ2) is 9.42. The van der Waals surface area contributed by atoms with Crippen LogP contribution in [0.15, 0.2) is 60.7 Å². The molecule has 2 aromatic rings. The van der Waals surface area contributed by atoms with Gasteiger partial charge in [0.15, 0.2) is 6.61 Å². The molecule has 2 aromatic carbocycles. The Bertz CT molecular complexity index is 721. The van der Waals surface area contributed by atoms with Crippen molar-refractivity contribution in [3.8, 4) is 0 Å². The molecule has 0 aliphatic carbocycles. The number of nitrogens with one attached hydrogen (secondary N) is 1. The van der Waals surface area contributed by atoms with Gasteiger partial charge < -0.3 is 10.1 Å². The third-order valence-electron chi connectivity index (χ3n) is 3.81. The highest BCUT2D eigenvalue weighted by molar-refractivity contribution is 5.89. The Morgan fingerprint density at radius 3 is 2.44 bits per heavy atom. The molecule has 0 aliphatic rings. The largest absolute Gasteiger partial charge is 0.452 e. The van der Waals surface area contributed by atoms with E-state index in [4.69, 9.17) is 4.74 Å². The van der Waals surface area contributed by atoms with E-state index in [9.17, 15) is 9.59 Å². The summed E-state index contributed by atoms with van der Waals surface area (Å²) in [5, 5.41) is 2.78. The molecule has 1 amide bonds. The highest BCUT2D eigenvalue weighted by Gasteiger charge is 2.09. The van der Waals surface area contributed by atoms with Crippen LogP contribution in [0.5, 0.6) is 0 Å². The molecule has 130 valence electrons. The monoisotopic (exact) mass is 337 g/mol. The van der Waals surface area contributed by atoms with Crippen molar-refractivity contribution in [1.82, 2.24) is 5.32 Å². The number of esters is 1. The number of benzene rings is 2. The first kappa shape index (κ1) is 18.5. The van der Waals surface area contributed by atoms with E-state index in [1.807, 2.05) is 68.4 Å². The first-order chi connectivity index (χ1) is 12.0. The van der Waals surface area contributed by atoms with Crippen molar-refractivity contribution in [2.45, 2.75) is 19.8 Å². The Morgan fingerprint density at radius 1 is 1.08 bits per heavy atom. The zero-order valence-electron chi connectivity index (χ0n) is 14.6. The quantitative estimate of drug-likeness (QED) is 0.622. The summed E-state index contributed by atoms with van der Waals surface area (Å²) in [7, 11) is 0. The third kappa shape index (κ3) is 6.63. The first-order valence-corrected chi connectivity index (χ1v) is 8.28. The van der Waals surface area contributed by atoms with Crippen LogP contribution in [0.2, 0.25) is 0 Å². The zero-order valence-corrected chi connectivity index (χ0v) is 14.6. The van der Waals surface area contributed by atoms with Crippen LogP contribution in [0.25, 0.3) is 6.08 Å². The van der Waals surface area contributed by atoms with Crippen molar-refractivity contribution in [3.05, 3.63) is 77.4 Å². The molecular formula is C21H23NO3. The second-order valence-electron chi connectivity index (χ2n) is 5.97. The second-order valence-corrected chi connectivity index (χ2v) is 5.97. The highest BCUT2D eigenvalue weighted by atomic mass is 16.5. The van der Waals surface area contributed by atoms with Crippen LogP contribution >= 0.6 is 0 Å². The van der Waals surface area contributed by atoms with Crippen molar-refractivity contribution in [2.75, 3.05) is 13.2 Å². The molecule has 25 heavy (non-hydrogen) atoms. The lowest BCUT2D eigenvalue weighted by molar-refractivity contribution is -0.143. The summed E-state index contributed by atoms with van der Waals surface area (Å²) < 4.78 is 4.95. The van der Waals surface area contributed by atoms with Gasteiger partial charge in [0.25, 0.3) is 5.91 Å². The minimum atomic E-state index is -0.535. The Labute approximate surface area is 148 Å². The van der Waals surface area contributed by atoms with E-state index in [2.05, 4.69) is 5.32 Å². The van der Waals surface area contributed by atoms with E-state index >= 15 is 0 Å². The van der Waals surface area contributed by atoms with Crippen molar-refractivity contribution < 1.29 is 14.3 Å². The molecule has 0 saturated carbocycles. The molecule has 4 heteroatoms. The lowest BCUT2D eigenvalue weighted by Gasteiger charge is -2.12. The molecule has 0 bridgehead atoms. The van der Waals surface area contributed by atoms with Gasteiger partial charge in [0, 0.05) is 12.6 Å². The van der Waals surface area contributed by atoms with Crippen LogP contribution in [-0.2, 0) is 14.3 Å². The summed E-state index contributed by atoms with van der Waals surface area (Å²) in [4.78, 5) is 23.4. The molecule has 0 heterocycles. The maximum Gasteiger partial charge on any atom is 0.331 e. The van der Waals surface area contributed by atoms with E-state index in [1.54, 1.807) is 6.08 Å². The van der Waals surface area contributed by atoms with Gasteiger partial charge in [-0.15, -0.1) is 0 Å². The average Bonchev–Trinajstić information content (AvgIpc) is 2.64. The fourth-order valence-corrected chi connectivity index (χ4v) is 2.24. The van der Waals surface area contributed by atoms with Gasteiger partial charge >= 0.3 is 5.97 Å². The molecule has 0 saturated heterocycles. The van der Waals surface area contributed by atoms with Gasteiger partial charge in [-0.2, -0.15) is 0 Å². The van der Waals surface area contributed by atoms with E-state index < -0.39 is 5.97 Å². The van der Waals surface area contributed by atoms with Crippen LogP contribution in [0.3, 0.4) is 0 Å². The summed E-state index contributed by atoms with van der Waals surface area (Å²) in [5.74, 6) is -0.644. The predicted octanol–water partition coefficient (Wildman–Crippen LogP) is 3.47. The van der Waals surface area contributed by atoms with Crippen molar-refractivity contribution >= 4 is 18.0 Å². The van der Waals surface area contributed by atoms with E-state index in [0.29, 0.717) is 6.54 Å². The number of carbonyl (C=O) groups excluding carboxylic acids is 2. The molecule has 0 aliphatic heterocycles. The summed E-state index contributed by atoms with van der Waals surface area (Å²) in [5.41, 5.74) is 3.21. The van der Waals surface area contributed by atoms with Crippen LogP contribution in [0.4, 0.5) is 0 Å². The maximum atomic E-state index is 11.8. The fourth-order valence-electron chi connectivity index (χ4n) is 2.24. The van der Waals surface area contributed by atoms with Gasteiger partial charge in [-0.25, -0.2) is 4.79 Å². The Kier molecular flexibility index (Phi) is 6.96. The number of amides is 1. The van der Waals surface area contributed by atoms with Crippen molar-refractivity contribution in [1.29, 1.82) is 0 Å². The normalized spacial score (nSPS) is 11.9. The molecule has 0 spiro atoms. The average molecular weight is 337 g/mol. The number of carbonyl (C=O) groups is 2. The summed E-state index contributed by atoms with van der Waals surface area (Å²) in [6.45, 7) is 4.25. The molecule has 1 N–H and O–H groups in total. The predicted molar refractivity (Wildman–Crippen MR) is 99.0 cm³/mol. The number of hydrogen-bond donors (Lipinski definition) is 1. The smallest absolute Gasteiger partial charge is 0.331 e. The highest BCUT2D eigenvalue weighted by Crippen LogP contribution is 2.12. The fraction of sp³-hybridized carbons (Fsp3) is 0.238. The maximum absolute atomic E-state index is 11.8. The van der Waals surface area contributed by atoms with Gasteiger partial charge in [0.1, 0.15) is 0 Å². The Balaban J connectivity index is 1.70. The molecule has 0 fully saturated rings. The molecular weight excluding hydrogens is 314 g/mol. The number of aryl methyl sites for hydroxylation is 1. The summed E-state index contributed by atoms with van der Waals surface area (Å²) in [6.07, 6.45) is 2.99. The molecule has 0 aromatic heterocycles. The Morgan fingerprint density at radius 2 is 1.76 bits per heavy atom. The van der Waals surface area contributed by atoms with Gasteiger partial charge in [-0.1, -0.05) is 67.1 Å². The first-order valence-electron chi connectivity index (χ1n) is 8.28. The van der Waals surface area contributed by atoms with Crippen LogP contribution in [-0.4, -0.2) is 25.0 Å². The number of rotatable bonds is 7. The van der Waals surface area contributed by atoms with Crippen molar-refractivity contribution in [3.63, 3.8) is 0 Å². The standard InChI is InChI=1S/C21H23NO3/c1-16-8-10-18(11-9-16)12-13-21(24)25-15-20(23)22-14-17(2)19-6-4-3-5-7-19/h3-13,17H,14-15H2,1-2H3,(H,22,23)/b13-12+/t17-/m0/s1. The van der Waals surface area contributed by atoms with Crippen LogP contribution in [0, 0.1) is 6.92 Å². The lowest BCUT2D eigenvalue weighted by Crippen LogP contribution is -2.31. The Hall–Kier alpha value is -2.88. The summed E-state index contributed by atoms with van der Waals surface area (Å²) >= 11 is 0. The third-order valence-corrected chi connectivity index (χ3v) is 3.81. The topological polar surface area (TPSA) is 55.4 Å². The van der Waals surface area contributed by atoms with Gasteiger partial charge in [0.2, 0.25) is 0 Å². The van der Waals surface area contributed by atoms with Crippen molar-refractivity contribution in [2.24, 2.45) is 0 Å². The molecule has 1 atom stereocenters. The molecule has 0 unspecified atom stereocenters. The lowest BCUT2D eigenvalue weighted by atomic mass is 10.0. The van der Waals surface area contributed by atoms with E-state index in [1.165, 1.54) is 6.08 Å². The minimum Gasteiger partial charge on any atom is -0.452 e. The molecule has 4 nitrogen and oxygen atoms in total. The zero-order chi connectivity index (χ0) is 18.1. The number of ether oxygens (including phenoxy) is 1.